The van der Waals surface area contributed by atoms with Crippen LogP contribution in [0.2, 0.25) is 0 Å². The standard InChI is InChI=1S/C14H26O3/c1-9(2)11-6-5-7-14(17,8-11)12(10(3)4)13(15)16/h9-12,17H,5-8H2,1-4H3,(H,15,16). The number of hydrogen-bond donors (Lipinski definition) is 2. The summed E-state index contributed by atoms with van der Waals surface area (Å²) in [5, 5.41) is 20.0. The molecule has 3 unspecified atom stereocenters. The molecule has 0 bridgehead atoms. The van der Waals surface area contributed by atoms with E-state index in [4.69, 9.17) is 0 Å². The molecule has 0 aromatic carbocycles. The summed E-state index contributed by atoms with van der Waals surface area (Å²) in [4.78, 5) is 11.4. The fourth-order valence-corrected chi connectivity index (χ4v) is 3.32. The molecule has 0 saturated heterocycles. The molecule has 0 aliphatic heterocycles. The molecule has 3 nitrogen and oxygen atoms in total. The second kappa shape index (κ2) is 5.38. The van der Waals surface area contributed by atoms with Gasteiger partial charge in [-0.25, -0.2) is 0 Å². The maximum absolute atomic E-state index is 11.4. The summed E-state index contributed by atoms with van der Waals surface area (Å²) < 4.78 is 0. The summed E-state index contributed by atoms with van der Waals surface area (Å²) in [5.41, 5.74) is -1.01. The summed E-state index contributed by atoms with van der Waals surface area (Å²) >= 11 is 0. The topological polar surface area (TPSA) is 57.5 Å². The molecule has 1 aliphatic carbocycles. The van der Waals surface area contributed by atoms with Crippen LogP contribution in [-0.2, 0) is 4.79 Å². The van der Waals surface area contributed by atoms with E-state index >= 15 is 0 Å². The van der Waals surface area contributed by atoms with E-state index in [9.17, 15) is 15.0 Å². The number of carboxylic acids is 1. The minimum atomic E-state index is -1.01. The van der Waals surface area contributed by atoms with Crippen LogP contribution in [0.25, 0.3) is 0 Å². The van der Waals surface area contributed by atoms with Crippen LogP contribution < -0.4 is 0 Å². The van der Waals surface area contributed by atoms with Crippen molar-refractivity contribution in [1.29, 1.82) is 0 Å². The van der Waals surface area contributed by atoms with Gasteiger partial charge in [0.2, 0.25) is 0 Å². The first-order valence-electron chi connectivity index (χ1n) is 6.73. The van der Waals surface area contributed by atoms with Gasteiger partial charge >= 0.3 is 5.97 Å². The van der Waals surface area contributed by atoms with Gasteiger partial charge in [-0.15, -0.1) is 0 Å². The van der Waals surface area contributed by atoms with Crippen LogP contribution in [0.15, 0.2) is 0 Å². The maximum atomic E-state index is 11.4. The first kappa shape index (κ1) is 14.5. The van der Waals surface area contributed by atoms with Crippen LogP contribution in [-0.4, -0.2) is 21.8 Å². The Labute approximate surface area is 104 Å². The van der Waals surface area contributed by atoms with Gasteiger partial charge in [0, 0.05) is 0 Å². The third kappa shape index (κ3) is 3.21. The predicted molar refractivity (Wildman–Crippen MR) is 67.7 cm³/mol. The molecule has 1 fully saturated rings. The third-order valence-electron chi connectivity index (χ3n) is 4.25. The van der Waals surface area contributed by atoms with E-state index in [2.05, 4.69) is 13.8 Å². The van der Waals surface area contributed by atoms with Gasteiger partial charge in [-0.3, -0.25) is 4.79 Å². The second-order valence-electron chi connectivity index (χ2n) is 6.26. The Bertz CT molecular complexity index is 273. The highest BCUT2D eigenvalue weighted by Crippen LogP contribution is 2.42. The molecule has 1 aliphatic rings. The Hall–Kier alpha value is -0.570. The molecule has 3 heteroatoms. The maximum Gasteiger partial charge on any atom is 0.309 e. The van der Waals surface area contributed by atoms with Gasteiger partial charge in [0.05, 0.1) is 11.5 Å². The van der Waals surface area contributed by atoms with Gasteiger partial charge in [-0.05, 0) is 37.0 Å². The average molecular weight is 242 g/mol. The monoisotopic (exact) mass is 242 g/mol. The summed E-state index contributed by atoms with van der Waals surface area (Å²) in [6.45, 7) is 8.08. The largest absolute Gasteiger partial charge is 0.481 e. The number of aliphatic hydroxyl groups is 1. The zero-order valence-corrected chi connectivity index (χ0v) is 11.4. The van der Waals surface area contributed by atoms with Crippen molar-refractivity contribution >= 4 is 5.97 Å². The average Bonchev–Trinajstić information content (AvgIpc) is 2.15. The van der Waals surface area contributed by atoms with Crippen LogP contribution in [0, 0.1) is 23.7 Å². The lowest BCUT2D eigenvalue weighted by Gasteiger charge is -2.43. The highest BCUT2D eigenvalue weighted by molar-refractivity contribution is 5.71. The zero-order valence-electron chi connectivity index (χ0n) is 11.4. The molecular weight excluding hydrogens is 216 g/mol. The van der Waals surface area contributed by atoms with Crippen LogP contribution >= 0.6 is 0 Å². The highest BCUT2D eigenvalue weighted by Gasteiger charge is 2.46. The normalized spacial score (nSPS) is 31.8. The van der Waals surface area contributed by atoms with Crippen molar-refractivity contribution in [1.82, 2.24) is 0 Å². The predicted octanol–water partition coefficient (Wildman–Crippen LogP) is 2.92. The molecule has 0 aromatic rings. The molecule has 100 valence electrons. The van der Waals surface area contributed by atoms with E-state index in [1.165, 1.54) is 0 Å². The van der Waals surface area contributed by atoms with Crippen molar-refractivity contribution in [2.24, 2.45) is 23.7 Å². The number of aliphatic carboxylic acids is 1. The minimum Gasteiger partial charge on any atom is -0.481 e. The Morgan fingerprint density at radius 1 is 1.29 bits per heavy atom. The fourth-order valence-electron chi connectivity index (χ4n) is 3.32. The second-order valence-corrected chi connectivity index (χ2v) is 6.26. The van der Waals surface area contributed by atoms with Crippen molar-refractivity contribution in [2.75, 3.05) is 0 Å². The van der Waals surface area contributed by atoms with Gasteiger partial charge in [0.1, 0.15) is 0 Å². The van der Waals surface area contributed by atoms with Gasteiger partial charge in [0.25, 0.3) is 0 Å². The Balaban J connectivity index is 2.87. The number of carbonyl (C=O) groups is 1. The quantitative estimate of drug-likeness (QED) is 0.797. The molecule has 17 heavy (non-hydrogen) atoms. The van der Waals surface area contributed by atoms with Crippen molar-refractivity contribution < 1.29 is 15.0 Å². The highest BCUT2D eigenvalue weighted by atomic mass is 16.4. The lowest BCUT2D eigenvalue weighted by molar-refractivity contribution is -0.161. The SMILES string of the molecule is CC(C)C1CCCC(O)(C(C(=O)O)C(C)C)C1. The van der Waals surface area contributed by atoms with E-state index in [-0.39, 0.29) is 5.92 Å². The molecule has 0 spiro atoms. The third-order valence-corrected chi connectivity index (χ3v) is 4.25. The number of carboxylic acid groups (broad SMARTS) is 1. The lowest BCUT2D eigenvalue weighted by Crippen LogP contribution is -2.49. The number of rotatable bonds is 4. The summed E-state index contributed by atoms with van der Waals surface area (Å²) in [7, 11) is 0. The van der Waals surface area contributed by atoms with Crippen LogP contribution in [0.1, 0.15) is 53.4 Å². The van der Waals surface area contributed by atoms with Crippen LogP contribution in [0.4, 0.5) is 0 Å². The molecule has 0 heterocycles. The zero-order chi connectivity index (χ0) is 13.2. The van der Waals surface area contributed by atoms with Crippen molar-refractivity contribution in [3.05, 3.63) is 0 Å². The van der Waals surface area contributed by atoms with E-state index in [1.54, 1.807) is 0 Å². The molecule has 0 radical (unpaired) electrons. The van der Waals surface area contributed by atoms with Gasteiger partial charge in [-0.2, -0.15) is 0 Å². The van der Waals surface area contributed by atoms with Gasteiger partial charge in [-0.1, -0.05) is 34.1 Å². The minimum absolute atomic E-state index is 0.0246. The van der Waals surface area contributed by atoms with Gasteiger partial charge in [0.15, 0.2) is 0 Å². The van der Waals surface area contributed by atoms with Gasteiger partial charge < -0.3 is 10.2 Å². The summed E-state index contributed by atoms with van der Waals surface area (Å²) in [6.07, 6.45) is 3.32. The van der Waals surface area contributed by atoms with Crippen LogP contribution in [0.5, 0.6) is 0 Å². The van der Waals surface area contributed by atoms with E-state index in [0.717, 1.165) is 12.8 Å². The summed E-state index contributed by atoms with van der Waals surface area (Å²) in [6, 6.07) is 0. The molecular formula is C14H26O3. The number of hydrogen-bond acceptors (Lipinski definition) is 2. The Kier molecular flexibility index (Phi) is 4.59. The van der Waals surface area contributed by atoms with Crippen LogP contribution in [0.3, 0.4) is 0 Å². The lowest BCUT2D eigenvalue weighted by atomic mass is 9.66. The fraction of sp³-hybridized carbons (Fsp3) is 0.929. The molecule has 0 amide bonds. The van der Waals surface area contributed by atoms with Crippen molar-refractivity contribution in [3.8, 4) is 0 Å². The Morgan fingerprint density at radius 2 is 1.88 bits per heavy atom. The van der Waals surface area contributed by atoms with E-state index < -0.39 is 17.5 Å². The first-order chi connectivity index (χ1) is 7.78. The summed E-state index contributed by atoms with van der Waals surface area (Å²) in [5.74, 6) is -0.544. The van der Waals surface area contributed by atoms with Crippen molar-refractivity contribution in [2.45, 2.75) is 59.0 Å². The molecule has 2 N–H and O–H groups in total. The molecule has 0 aromatic heterocycles. The molecule has 1 rings (SSSR count). The smallest absolute Gasteiger partial charge is 0.309 e. The van der Waals surface area contributed by atoms with E-state index in [1.807, 2.05) is 13.8 Å². The van der Waals surface area contributed by atoms with Crippen molar-refractivity contribution in [3.63, 3.8) is 0 Å². The first-order valence-corrected chi connectivity index (χ1v) is 6.73. The molecule has 3 atom stereocenters. The van der Waals surface area contributed by atoms with E-state index in [0.29, 0.717) is 24.7 Å². The molecule has 1 saturated carbocycles. The Morgan fingerprint density at radius 3 is 2.29 bits per heavy atom.